The number of hydrogen-bond donors (Lipinski definition) is 0. The lowest BCUT2D eigenvalue weighted by Gasteiger charge is -2.32. The van der Waals surface area contributed by atoms with Crippen molar-refractivity contribution in [2.24, 2.45) is 0 Å². The number of halogens is 1. The molecule has 2 rings (SSSR count). The van der Waals surface area contributed by atoms with E-state index in [-0.39, 0.29) is 12.4 Å². The first-order valence-corrected chi connectivity index (χ1v) is 6.98. The SMILES string of the molecule is CCOCc1ccc(B2OC(C)(C)C(C)(C)O2)cc1F. The van der Waals surface area contributed by atoms with Crippen LogP contribution in [0.1, 0.15) is 40.2 Å². The Morgan fingerprint density at radius 1 is 1.15 bits per heavy atom. The smallest absolute Gasteiger partial charge is 0.399 e. The molecule has 0 saturated carbocycles. The summed E-state index contributed by atoms with van der Waals surface area (Å²) in [6, 6.07) is 5.03. The summed E-state index contributed by atoms with van der Waals surface area (Å²) in [5.41, 5.74) is 0.407. The molecule has 3 nitrogen and oxygen atoms in total. The van der Waals surface area contributed by atoms with Crippen LogP contribution in [0.4, 0.5) is 4.39 Å². The Labute approximate surface area is 120 Å². The molecule has 0 atom stereocenters. The summed E-state index contributed by atoms with van der Waals surface area (Å²) in [6.45, 7) is 10.7. The van der Waals surface area contributed by atoms with Crippen LogP contribution in [-0.2, 0) is 20.7 Å². The molecule has 1 aliphatic rings. The fourth-order valence-corrected chi connectivity index (χ4v) is 2.02. The summed E-state index contributed by atoms with van der Waals surface area (Å²) >= 11 is 0. The molecule has 1 aliphatic heterocycles. The van der Waals surface area contributed by atoms with Crippen LogP contribution in [0, 0.1) is 5.82 Å². The van der Waals surface area contributed by atoms with E-state index in [1.807, 2.05) is 40.7 Å². The van der Waals surface area contributed by atoms with Crippen molar-refractivity contribution in [3.05, 3.63) is 29.6 Å². The Kier molecular flexibility index (Phi) is 4.23. The molecule has 0 amide bonds. The lowest BCUT2D eigenvalue weighted by atomic mass is 9.79. The summed E-state index contributed by atoms with van der Waals surface area (Å²) in [5.74, 6) is -0.286. The molecule has 0 aromatic heterocycles. The van der Waals surface area contributed by atoms with Crippen LogP contribution in [0.2, 0.25) is 0 Å². The van der Waals surface area contributed by atoms with Gasteiger partial charge in [0.1, 0.15) is 5.82 Å². The highest BCUT2D eigenvalue weighted by atomic mass is 19.1. The second-order valence-electron chi connectivity index (χ2n) is 6.08. The van der Waals surface area contributed by atoms with Crippen molar-refractivity contribution in [3.63, 3.8) is 0 Å². The van der Waals surface area contributed by atoms with Crippen LogP contribution in [0.25, 0.3) is 0 Å². The van der Waals surface area contributed by atoms with Gasteiger partial charge in [-0.2, -0.15) is 0 Å². The van der Waals surface area contributed by atoms with Crippen molar-refractivity contribution in [2.75, 3.05) is 6.61 Å². The molecule has 0 N–H and O–H groups in total. The Bertz CT molecular complexity index is 472. The zero-order chi connectivity index (χ0) is 15.0. The van der Waals surface area contributed by atoms with Crippen molar-refractivity contribution in [1.82, 2.24) is 0 Å². The van der Waals surface area contributed by atoms with Crippen LogP contribution >= 0.6 is 0 Å². The zero-order valence-electron chi connectivity index (χ0n) is 12.8. The minimum absolute atomic E-state index is 0.284. The largest absolute Gasteiger partial charge is 0.494 e. The fourth-order valence-electron chi connectivity index (χ4n) is 2.02. The average Bonchev–Trinajstić information content (AvgIpc) is 2.57. The van der Waals surface area contributed by atoms with Gasteiger partial charge in [0, 0.05) is 12.2 Å². The summed E-state index contributed by atoms with van der Waals surface area (Å²) in [6.07, 6.45) is 0. The van der Waals surface area contributed by atoms with Gasteiger partial charge in [-0.3, -0.25) is 0 Å². The number of hydrogen-bond acceptors (Lipinski definition) is 3. The number of rotatable bonds is 4. The molecule has 0 unspecified atom stereocenters. The van der Waals surface area contributed by atoms with Gasteiger partial charge in [0.05, 0.1) is 17.8 Å². The van der Waals surface area contributed by atoms with E-state index in [4.69, 9.17) is 14.0 Å². The molecular formula is C15H22BFO3. The standard InChI is InChI=1S/C15H22BFO3/c1-6-18-10-11-7-8-12(9-13(11)17)16-19-14(2,3)15(4,5)20-16/h7-9H,6,10H2,1-5H3. The van der Waals surface area contributed by atoms with Gasteiger partial charge in [-0.25, -0.2) is 4.39 Å². The van der Waals surface area contributed by atoms with E-state index in [0.717, 1.165) is 0 Å². The Hall–Kier alpha value is -0.905. The predicted octanol–water partition coefficient (Wildman–Crippen LogP) is 2.66. The highest BCUT2D eigenvalue weighted by molar-refractivity contribution is 6.62. The lowest BCUT2D eigenvalue weighted by Crippen LogP contribution is -2.41. The quantitative estimate of drug-likeness (QED) is 0.794. The molecule has 0 aliphatic carbocycles. The van der Waals surface area contributed by atoms with E-state index in [0.29, 0.717) is 17.6 Å². The summed E-state index contributed by atoms with van der Waals surface area (Å²) in [7, 11) is -0.532. The maximum atomic E-state index is 14.0. The Morgan fingerprint density at radius 2 is 1.75 bits per heavy atom. The van der Waals surface area contributed by atoms with E-state index < -0.39 is 18.3 Å². The monoisotopic (exact) mass is 280 g/mol. The van der Waals surface area contributed by atoms with Crippen LogP contribution in [0.15, 0.2) is 18.2 Å². The highest BCUT2D eigenvalue weighted by Crippen LogP contribution is 2.36. The molecule has 110 valence electrons. The molecule has 1 heterocycles. The normalized spacial score (nSPS) is 20.4. The maximum Gasteiger partial charge on any atom is 0.494 e. The molecule has 5 heteroatoms. The van der Waals surface area contributed by atoms with Gasteiger partial charge in [-0.15, -0.1) is 0 Å². The molecule has 1 aromatic carbocycles. The molecule has 1 fully saturated rings. The average molecular weight is 280 g/mol. The summed E-state index contributed by atoms with van der Waals surface area (Å²) in [4.78, 5) is 0. The number of ether oxygens (including phenoxy) is 1. The van der Waals surface area contributed by atoms with Gasteiger partial charge in [0.25, 0.3) is 0 Å². The van der Waals surface area contributed by atoms with Gasteiger partial charge in [-0.05, 0) is 46.1 Å². The topological polar surface area (TPSA) is 27.7 Å². The zero-order valence-corrected chi connectivity index (χ0v) is 12.8. The van der Waals surface area contributed by atoms with Crippen molar-refractivity contribution in [3.8, 4) is 0 Å². The molecular weight excluding hydrogens is 258 g/mol. The van der Waals surface area contributed by atoms with Crippen LogP contribution in [-0.4, -0.2) is 24.9 Å². The van der Waals surface area contributed by atoms with Crippen molar-refractivity contribution in [1.29, 1.82) is 0 Å². The molecule has 0 radical (unpaired) electrons. The molecule has 1 aromatic rings. The molecule has 1 saturated heterocycles. The maximum absolute atomic E-state index is 14.0. The third-order valence-electron chi connectivity index (χ3n) is 4.06. The van der Waals surface area contributed by atoms with Gasteiger partial charge >= 0.3 is 7.12 Å². The van der Waals surface area contributed by atoms with E-state index in [1.165, 1.54) is 6.07 Å². The Morgan fingerprint density at radius 3 is 2.25 bits per heavy atom. The third kappa shape index (κ3) is 2.90. The first-order valence-electron chi connectivity index (χ1n) is 6.98. The van der Waals surface area contributed by atoms with Crippen LogP contribution < -0.4 is 5.46 Å². The van der Waals surface area contributed by atoms with Gasteiger partial charge in [-0.1, -0.05) is 12.1 Å². The van der Waals surface area contributed by atoms with Gasteiger partial charge in [0.15, 0.2) is 0 Å². The van der Waals surface area contributed by atoms with Crippen LogP contribution in [0.5, 0.6) is 0 Å². The van der Waals surface area contributed by atoms with E-state index in [9.17, 15) is 4.39 Å². The third-order valence-corrected chi connectivity index (χ3v) is 4.06. The van der Waals surface area contributed by atoms with E-state index in [2.05, 4.69) is 0 Å². The molecule has 0 bridgehead atoms. The second kappa shape index (κ2) is 5.47. The predicted molar refractivity (Wildman–Crippen MR) is 77.4 cm³/mol. The van der Waals surface area contributed by atoms with Crippen molar-refractivity contribution in [2.45, 2.75) is 52.4 Å². The van der Waals surface area contributed by atoms with Crippen LogP contribution in [0.3, 0.4) is 0 Å². The van der Waals surface area contributed by atoms with Gasteiger partial charge in [0.2, 0.25) is 0 Å². The lowest BCUT2D eigenvalue weighted by molar-refractivity contribution is 0.00578. The molecule has 0 spiro atoms. The summed E-state index contributed by atoms with van der Waals surface area (Å²) in [5, 5.41) is 0. The highest BCUT2D eigenvalue weighted by Gasteiger charge is 2.51. The number of benzene rings is 1. The van der Waals surface area contributed by atoms with E-state index in [1.54, 1.807) is 6.07 Å². The van der Waals surface area contributed by atoms with Gasteiger partial charge < -0.3 is 14.0 Å². The summed E-state index contributed by atoms with van der Waals surface area (Å²) < 4.78 is 31.1. The first-order chi connectivity index (χ1) is 9.27. The minimum atomic E-state index is -0.532. The second-order valence-corrected chi connectivity index (χ2v) is 6.08. The minimum Gasteiger partial charge on any atom is -0.399 e. The molecule has 20 heavy (non-hydrogen) atoms. The van der Waals surface area contributed by atoms with Crippen molar-refractivity contribution < 1.29 is 18.4 Å². The first kappa shape index (κ1) is 15.5. The van der Waals surface area contributed by atoms with Crippen molar-refractivity contribution >= 4 is 12.6 Å². The fraction of sp³-hybridized carbons (Fsp3) is 0.600. The Balaban J connectivity index is 2.17. The van der Waals surface area contributed by atoms with E-state index >= 15 is 0 Å².